The Morgan fingerprint density at radius 2 is 1.81 bits per heavy atom. The Kier molecular flexibility index (Phi) is 6.21. The second-order valence-corrected chi connectivity index (χ2v) is 8.93. The predicted molar refractivity (Wildman–Crippen MR) is 118 cm³/mol. The monoisotopic (exact) mass is 435 g/mol. The van der Waals surface area contributed by atoms with Crippen LogP contribution < -0.4 is 5.32 Å². The highest BCUT2D eigenvalue weighted by Gasteiger charge is 2.51. The van der Waals surface area contributed by atoms with Crippen LogP contribution in [0.3, 0.4) is 0 Å². The first kappa shape index (κ1) is 21.9. The van der Waals surface area contributed by atoms with Gasteiger partial charge in [0.25, 0.3) is 0 Å². The summed E-state index contributed by atoms with van der Waals surface area (Å²) < 4.78 is 1.87. The number of likely N-dealkylation sites (tertiary alicyclic amines) is 1. The average molecular weight is 436 g/mol. The number of aromatic nitrogens is 3. The molecule has 168 valence electrons. The van der Waals surface area contributed by atoms with Gasteiger partial charge in [-0.3, -0.25) is 23.9 Å². The minimum Gasteiger partial charge on any atom is -0.350 e. The number of amides is 3. The molecular weight excluding hydrogens is 406 g/mol. The van der Waals surface area contributed by atoms with E-state index in [1.165, 1.54) is 4.90 Å². The summed E-state index contributed by atoms with van der Waals surface area (Å²) in [7, 11) is 0. The van der Waals surface area contributed by atoms with Gasteiger partial charge in [-0.05, 0) is 49.8 Å². The van der Waals surface area contributed by atoms with Crippen molar-refractivity contribution >= 4 is 17.7 Å². The predicted octanol–water partition coefficient (Wildman–Crippen LogP) is 2.56. The van der Waals surface area contributed by atoms with Crippen molar-refractivity contribution in [2.75, 3.05) is 0 Å². The van der Waals surface area contributed by atoms with Crippen molar-refractivity contribution in [3.8, 4) is 5.82 Å². The summed E-state index contributed by atoms with van der Waals surface area (Å²) >= 11 is 0. The van der Waals surface area contributed by atoms with E-state index in [-0.39, 0.29) is 42.0 Å². The second-order valence-electron chi connectivity index (χ2n) is 8.93. The lowest BCUT2D eigenvalue weighted by atomic mass is 9.85. The van der Waals surface area contributed by atoms with Gasteiger partial charge in [0.15, 0.2) is 0 Å². The van der Waals surface area contributed by atoms with Crippen LogP contribution in [-0.2, 0) is 20.9 Å². The number of hydrogen-bond acceptors (Lipinski definition) is 5. The Hall–Kier alpha value is -3.29. The molecule has 3 amide bonds. The van der Waals surface area contributed by atoms with E-state index in [1.807, 2.05) is 55.8 Å². The summed E-state index contributed by atoms with van der Waals surface area (Å²) in [6.45, 7) is 6.15. The van der Waals surface area contributed by atoms with Crippen LogP contribution in [0, 0.1) is 24.7 Å². The molecule has 2 aliphatic rings. The molecule has 3 heterocycles. The first-order valence-corrected chi connectivity index (χ1v) is 11.1. The highest BCUT2D eigenvalue weighted by atomic mass is 16.2. The normalized spacial score (nSPS) is 21.2. The van der Waals surface area contributed by atoms with Crippen molar-refractivity contribution in [1.29, 1.82) is 0 Å². The highest BCUT2D eigenvalue weighted by molar-refractivity contribution is 6.08. The summed E-state index contributed by atoms with van der Waals surface area (Å²) in [4.78, 5) is 49.1. The third kappa shape index (κ3) is 4.22. The number of carbonyl (C=O) groups is 3. The first-order chi connectivity index (χ1) is 15.4. The van der Waals surface area contributed by atoms with Crippen LogP contribution in [0.4, 0.5) is 0 Å². The molecule has 0 radical (unpaired) electrons. The van der Waals surface area contributed by atoms with Crippen molar-refractivity contribution in [3.05, 3.63) is 54.3 Å². The molecule has 2 aromatic rings. The van der Waals surface area contributed by atoms with Crippen LogP contribution in [0.1, 0.15) is 44.5 Å². The zero-order valence-corrected chi connectivity index (χ0v) is 18.7. The van der Waals surface area contributed by atoms with E-state index in [9.17, 15) is 14.4 Å². The fourth-order valence-corrected chi connectivity index (χ4v) is 4.54. The van der Waals surface area contributed by atoms with Gasteiger partial charge < -0.3 is 5.32 Å². The fraction of sp³-hybridized carbons (Fsp3) is 0.458. The van der Waals surface area contributed by atoms with Gasteiger partial charge in [-0.15, -0.1) is 0 Å². The van der Waals surface area contributed by atoms with Gasteiger partial charge in [-0.25, -0.2) is 9.97 Å². The SMILES string of the molecule is Cc1nccn1-c1cc(CNC(=O)[C@H](CC(C)C)N2C(=O)[C@@H]3CC=CC[C@H]3C2=O)ccn1. The number of hydrogen-bond donors (Lipinski definition) is 1. The van der Waals surface area contributed by atoms with Crippen LogP contribution >= 0.6 is 0 Å². The third-order valence-electron chi connectivity index (χ3n) is 6.20. The van der Waals surface area contributed by atoms with Crippen LogP contribution in [0.5, 0.6) is 0 Å². The Morgan fingerprint density at radius 1 is 1.12 bits per heavy atom. The van der Waals surface area contributed by atoms with Crippen LogP contribution in [0.2, 0.25) is 0 Å². The van der Waals surface area contributed by atoms with Crippen molar-refractivity contribution in [2.45, 2.75) is 52.6 Å². The number of imide groups is 1. The molecule has 1 fully saturated rings. The van der Waals surface area contributed by atoms with Gasteiger partial charge in [-0.1, -0.05) is 26.0 Å². The quantitative estimate of drug-likeness (QED) is 0.533. The van der Waals surface area contributed by atoms with Gasteiger partial charge in [0, 0.05) is 25.1 Å². The van der Waals surface area contributed by atoms with E-state index in [0.29, 0.717) is 25.1 Å². The molecule has 0 aromatic carbocycles. The fourth-order valence-electron chi connectivity index (χ4n) is 4.54. The van der Waals surface area contributed by atoms with Gasteiger partial charge in [0.05, 0.1) is 11.8 Å². The summed E-state index contributed by atoms with van der Waals surface area (Å²) in [5.41, 5.74) is 0.872. The first-order valence-electron chi connectivity index (χ1n) is 11.1. The molecular formula is C24H29N5O3. The summed E-state index contributed by atoms with van der Waals surface area (Å²) in [5, 5.41) is 2.94. The maximum Gasteiger partial charge on any atom is 0.243 e. The molecule has 1 aliphatic heterocycles. The van der Waals surface area contributed by atoms with E-state index in [0.717, 1.165) is 11.4 Å². The van der Waals surface area contributed by atoms with Crippen molar-refractivity contribution < 1.29 is 14.4 Å². The second kappa shape index (κ2) is 9.06. The lowest BCUT2D eigenvalue weighted by molar-refractivity contribution is -0.148. The van der Waals surface area contributed by atoms with E-state index < -0.39 is 6.04 Å². The molecule has 1 N–H and O–H groups in total. The number of rotatable bonds is 7. The molecule has 8 nitrogen and oxygen atoms in total. The van der Waals surface area contributed by atoms with E-state index in [1.54, 1.807) is 12.4 Å². The lowest BCUT2D eigenvalue weighted by Crippen LogP contribution is -2.50. The molecule has 0 saturated carbocycles. The number of imidazole rings is 1. The zero-order chi connectivity index (χ0) is 22.8. The molecule has 0 unspecified atom stereocenters. The minimum atomic E-state index is -0.794. The number of allylic oxidation sites excluding steroid dienone is 2. The molecule has 0 bridgehead atoms. The Morgan fingerprint density at radius 3 is 2.41 bits per heavy atom. The average Bonchev–Trinajstić information content (AvgIpc) is 3.32. The van der Waals surface area contributed by atoms with E-state index >= 15 is 0 Å². The van der Waals surface area contributed by atoms with Gasteiger partial charge in [-0.2, -0.15) is 0 Å². The Balaban J connectivity index is 1.49. The Bertz CT molecular complexity index is 1030. The van der Waals surface area contributed by atoms with Crippen LogP contribution in [0.15, 0.2) is 42.9 Å². The zero-order valence-electron chi connectivity index (χ0n) is 18.7. The number of nitrogens with zero attached hydrogens (tertiary/aromatic N) is 4. The van der Waals surface area contributed by atoms with Crippen LogP contribution in [0.25, 0.3) is 5.82 Å². The number of aryl methyl sites for hydroxylation is 1. The van der Waals surface area contributed by atoms with E-state index in [2.05, 4.69) is 15.3 Å². The van der Waals surface area contributed by atoms with Gasteiger partial charge in [0.2, 0.25) is 17.7 Å². The molecule has 1 saturated heterocycles. The van der Waals surface area contributed by atoms with Crippen molar-refractivity contribution in [1.82, 2.24) is 24.8 Å². The summed E-state index contributed by atoms with van der Waals surface area (Å²) in [5.74, 6) is 0.281. The summed E-state index contributed by atoms with van der Waals surface area (Å²) in [6, 6.07) is 2.93. The third-order valence-corrected chi connectivity index (χ3v) is 6.20. The molecule has 3 atom stereocenters. The molecule has 0 spiro atoms. The number of carbonyl (C=O) groups excluding carboxylic acids is 3. The standard InChI is InChI=1S/C24H29N5O3/c1-15(2)12-20(29-23(31)18-6-4-5-7-19(18)24(29)32)22(30)27-14-17-8-9-26-21(13-17)28-11-10-25-16(28)3/h4-5,8-11,13,15,18-20H,6-7,12,14H2,1-3H3,(H,27,30)/t18-,19-,20+/m1/s1. The maximum absolute atomic E-state index is 13.2. The number of fused-ring (bicyclic) bond motifs is 1. The lowest BCUT2D eigenvalue weighted by Gasteiger charge is -2.27. The minimum absolute atomic E-state index is 0.156. The van der Waals surface area contributed by atoms with Gasteiger partial charge in [0.1, 0.15) is 17.7 Å². The molecule has 1 aliphatic carbocycles. The Labute approximate surface area is 187 Å². The topological polar surface area (TPSA) is 97.2 Å². The molecule has 32 heavy (non-hydrogen) atoms. The van der Waals surface area contributed by atoms with Crippen molar-refractivity contribution in [2.24, 2.45) is 17.8 Å². The van der Waals surface area contributed by atoms with E-state index in [4.69, 9.17) is 0 Å². The van der Waals surface area contributed by atoms with Gasteiger partial charge >= 0.3 is 0 Å². The highest BCUT2D eigenvalue weighted by Crippen LogP contribution is 2.37. The van der Waals surface area contributed by atoms with Crippen LogP contribution in [-0.4, -0.2) is 43.2 Å². The number of pyridine rings is 1. The largest absolute Gasteiger partial charge is 0.350 e. The molecule has 8 heteroatoms. The smallest absolute Gasteiger partial charge is 0.243 e. The summed E-state index contributed by atoms with van der Waals surface area (Å²) in [6.07, 6.45) is 10.7. The maximum atomic E-state index is 13.2. The molecule has 4 rings (SSSR count). The van der Waals surface area contributed by atoms with Crippen molar-refractivity contribution in [3.63, 3.8) is 0 Å². The molecule has 2 aromatic heterocycles. The number of nitrogens with one attached hydrogen (secondary N) is 1.